The number of likely N-dealkylation sites (tertiary alicyclic amines) is 1. The lowest BCUT2D eigenvalue weighted by Crippen LogP contribution is -2.42. The van der Waals surface area contributed by atoms with Crippen LogP contribution in [0.1, 0.15) is 39.2 Å². The number of imide groups is 1. The third-order valence-electron chi connectivity index (χ3n) is 5.15. The Hall–Kier alpha value is -2.30. The summed E-state index contributed by atoms with van der Waals surface area (Å²) in [6.07, 6.45) is 1.89. The van der Waals surface area contributed by atoms with Gasteiger partial charge in [-0.15, -0.1) is 0 Å². The smallest absolute Gasteiger partial charge is 0.277 e. The van der Waals surface area contributed by atoms with Crippen molar-refractivity contribution < 1.29 is 14.3 Å². The molecule has 0 spiro atoms. The maximum absolute atomic E-state index is 13.2. The van der Waals surface area contributed by atoms with Crippen LogP contribution < -0.4 is 4.74 Å². The summed E-state index contributed by atoms with van der Waals surface area (Å²) in [7, 11) is 1.59. The molecular weight excluding hydrogens is 328 g/mol. The quantitative estimate of drug-likeness (QED) is 0.761. The van der Waals surface area contributed by atoms with Crippen LogP contribution in [0, 0.1) is 11.8 Å². The van der Waals surface area contributed by atoms with E-state index >= 15 is 0 Å². The summed E-state index contributed by atoms with van der Waals surface area (Å²) in [5.41, 5.74) is 1.74. The first-order valence-corrected chi connectivity index (χ1v) is 9.46. The molecule has 5 nitrogen and oxygen atoms in total. The second-order valence-corrected chi connectivity index (χ2v) is 7.54. The lowest BCUT2D eigenvalue weighted by atomic mass is 9.91. The van der Waals surface area contributed by atoms with E-state index in [0.717, 1.165) is 25.9 Å². The first-order valence-electron chi connectivity index (χ1n) is 9.46. The molecule has 5 heteroatoms. The normalized spacial score (nSPS) is 23.8. The van der Waals surface area contributed by atoms with Gasteiger partial charge in [-0.3, -0.25) is 14.5 Å². The fourth-order valence-electron chi connectivity index (χ4n) is 4.22. The van der Waals surface area contributed by atoms with Crippen molar-refractivity contribution in [2.45, 2.75) is 33.6 Å². The van der Waals surface area contributed by atoms with Crippen molar-refractivity contribution in [2.75, 3.05) is 26.7 Å². The number of nitrogens with zero attached hydrogens (tertiary/aromatic N) is 2. The predicted octanol–water partition coefficient (Wildman–Crippen LogP) is 3.16. The number of amides is 2. The summed E-state index contributed by atoms with van der Waals surface area (Å²) in [5.74, 6) is 1.24. The van der Waals surface area contributed by atoms with Gasteiger partial charge >= 0.3 is 0 Å². The summed E-state index contributed by atoms with van der Waals surface area (Å²) >= 11 is 0. The molecule has 2 amide bonds. The molecule has 2 aliphatic rings. The lowest BCUT2D eigenvalue weighted by molar-refractivity contribution is -0.137. The van der Waals surface area contributed by atoms with Gasteiger partial charge in [0.05, 0.1) is 12.7 Å². The van der Waals surface area contributed by atoms with Gasteiger partial charge in [0.15, 0.2) is 0 Å². The van der Waals surface area contributed by atoms with Crippen LogP contribution in [0.5, 0.6) is 5.75 Å². The second kappa shape index (κ2) is 7.52. The fourth-order valence-corrected chi connectivity index (χ4v) is 4.22. The van der Waals surface area contributed by atoms with Crippen molar-refractivity contribution >= 4 is 17.4 Å². The highest BCUT2D eigenvalue weighted by atomic mass is 16.5. The van der Waals surface area contributed by atoms with E-state index in [4.69, 9.17) is 4.74 Å². The third kappa shape index (κ3) is 3.22. The summed E-state index contributed by atoms with van der Waals surface area (Å²) in [5, 5.41) is 0. The molecule has 0 saturated carbocycles. The van der Waals surface area contributed by atoms with Gasteiger partial charge in [-0.1, -0.05) is 39.0 Å². The first-order chi connectivity index (χ1) is 12.5. The minimum absolute atomic E-state index is 0.168. The van der Waals surface area contributed by atoms with Crippen LogP contribution in [0.4, 0.5) is 0 Å². The van der Waals surface area contributed by atoms with E-state index in [0.29, 0.717) is 41.0 Å². The van der Waals surface area contributed by atoms with E-state index in [1.54, 1.807) is 7.11 Å². The zero-order valence-corrected chi connectivity index (χ0v) is 16.1. The SMILES string of the molecule is CCCN1C(=O)C(c2ccccc2OC)=C(N2CC(C)CC(C)C2)C1=O. The number of rotatable bonds is 5. The van der Waals surface area contributed by atoms with E-state index in [1.165, 1.54) is 4.90 Å². The minimum Gasteiger partial charge on any atom is -0.496 e. The van der Waals surface area contributed by atoms with Crippen molar-refractivity contribution in [1.82, 2.24) is 9.80 Å². The Morgan fingerprint density at radius 1 is 1.08 bits per heavy atom. The number of ether oxygens (including phenoxy) is 1. The number of methoxy groups -OCH3 is 1. The molecule has 140 valence electrons. The number of piperidine rings is 1. The van der Waals surface area contributed by atoms with Gasteiger partial charge in [0.1, 0.15) is 11.4 Å². The lowest BCUT2D eigenvalue weighted by Gasteiger charge is -2.37. The Morgan fingerprint density at radius 2 is 1.73 bits per heavy atom. The standard InChI is InChI=1S/C21H28N2O3/c1-5-10-23-20(24)18(16-8-6-7-9-17(16)26-4)19(21(23)25)22-12-14(2)11-15(3)13-22/h6-9,14-15H,5,10-13H2,1-4H3. The van der Waals surface area contributed by atoms with Crippen LogP contribution in [0.3, 0.4) is 0 Å². The van der Waals surface area contributed by atoms with Gasteiger partial charge in [-0.05, 0) is 30.7 Å². The number of para-hydroxylation sites is 1. The Morgan fingerprint density at radius 3 is 2.35 bits per heavy atom. The highest BCUT2D eigenvalue weighted by molar-refractivity contribution is 6.36. The van der Waals surface area contributed by atoms with E-state index in [-0.39, 0.29) is 11.8 Å². The van der Waals surface area contributed by atoms with E-state index in [2.05, 4.69) is 18.7 Å². The van der Waals surface area contributed by atoms with Gasteiger partial charge in [-0.25, -0.2) is 0 Å². The zero-order valence-electron chi connectivity index (χ0n) is 16.1. The van der Waals surface area contributed by atoms with E-state index in [1.807, 2.05) is 31.2 Å². The Kier molecular flexibility index (Phi) is 5.35. The largest absolute Gasteiger partial charge is 0.496 e. The molecule has 2 heterocycles. The number of hydrogen-bond donors (Lipinski definition) is 0. The minimum atomic E-state index is -0.206. The molecule has 0 aliphatic carbocycles. The number of carbonyl (C=O) groups excluding carboxylic acids is 2. The van der Waals surface area contributed by atoms with E-state index < -0.39 is 0 Å². The fraction of sp³-hybridized carbons (Fsp3) is 0.524. The average Bonchev–Trinajstić information content (AvgIpc) is 2.85. The second-order valence-electron chi connectivity index (χ2n) is 7.54. The van der Waals surface area contributed by atoms with Crippen molar-refractivity contribution in [3.8, 4) is 5.75 Å². The van der Waals surface area contributed by atoms with Gasteiger partial charge in [0.2, 0.25) is 0 Å². The molecular formula is C21H28N2O3. The molecule has 1 aromatic rings. The van der Waals surface area contributed by atoms with Crippen LogP contribution in [0.25, 0.3) is 5.57 Å². The molecule has 2 unspecified atom stereocenters. The van der Waals surface area contributed by atoms with Crippen LogP contribution >= 0.6 is 0 Å². The number of benzene rings is 1. The first kappa shape index (κ1) is 18.5. The van der Waals surface area contributed by atoms with Crippen LogP contribution in [0.15, 0.2) is 30.0 Å². The molecule has 0 N–H and O–H groups in total. The molecule has 1 aromatic carbocycles. The zero-order chi connectivity index (χ0) is 18.8. The molecule has 1 fully saturated rings. The summed E-state index contributed by atoms with van der Waals surface area (Å²) < 4.78 is 5.48. The van der Waals surface area contributed by atoms with Crippen LogP contribution in [0.2, 0.25) is 0 Å². The Labute approximate surface area is 155 Å². The van der Waals surface area contributed by atoms with Crippen molar-refractivity contribution in [3.05, 3.63) is 35.5 Å². The molecule has 2 aliphatic heterocycles. The molecule has 2 atom stereocenters. The Balaban J connectivity index is 2.13. The van der Waals surface area contributed by atoms with Gasteiger partial charge in [0, 0.05) is 25.2 Å². The predicted molar refractivity (Wildman–Crippen MR) is 101 cm³/mol. The highest BCUT2D eigenvalue weighted by Crippen LogP contribution is 2.38. The summed E-state index contributed by atoms with van der Waals surface area (Å²) in [6, 6.07) is 7.45. The van der Waals surface area contributed by atoms with Crippen molar-refractivity contribution in [3.63, 3.8) is 0 Å². The number of carbonyl (C=O) groups is 2. The molecule has 0 bridgehead atoms. The monoisotopic (exact) mass is 356 g/mol. The maximum Gasteiger partial charge on any atom is 0.277 e. The van der Waals surface area contributed by atoms with Crippen LogP contribution in [-0.2, 0) is 9.59 Å². The van der Waals surface area contributed by atoms with Gasteiger partial charge in [0.25, 0.3) is 11.8 Å². The van der Waals surface area contributed by atoms with E-state index in [9.17, 15) is 9.59 Å². The average molecular weight is 356 g/mol. The van der Waals surface area contributed by atoms with Gasteiger partial charge < -0.3 is 9.64 Å². The molecule has 26 heavy (non-hydrogen) atoms. The molecule has 0 radical (unpaired) electrons. The third-order valence-corrected chi connectivity index (χ3v) is 5.15. The van der Waals surface area contributed by atoms with Crippen molar-refractivity contribution in [2.24, 2.45) is 11.8 Å². The molecule has 3 rings (SSSR count). The molecule has 0 aromatic heterocycles. The summed E-state index contributed by atoms with van der Waals surface area (Å²) in [4.78, 5) is 29.8. The topological polar surface area (TPSA) is 49.9 Å². The maximum atomic E-state index is 13.2. The Bertz CT molecular complexity index is 731. The highest BCUT2D eigenvalue weighted by Gasteiger charge is 2.43. The van der Waals surface area contributed by atoms with Crippen LogP contribution in [-0.4, -0.2) is 48.4 Å². The summed E-state index contributed by atoms with van der Waals surface area (Å²) in [6.45, 7) is 8.44. The number of hydrogen-bond acceptors (Lipinski definition) is 4. The molecule has 1 saturated heterocycles. The van der Waals surface area contributed by atoms with Crippen molar-refractivity contribution in [1.29, 1.82) is 0 Å². The van der Waals surface area contributed by atoms with Gasteiger partial charge in [-0.2, -0.15) is 0 Å².